The number of hydrogen-bond donors (Lipinski definition) is 0. The Kier molecular flexibility index (Phi) is 3.09. The molecule has 0 fully saturated rings. The van der Waals surface area contributed by atoms with Gasteiger partial charge < -0.3 is 4.74 Å². The summed E-state index contributed by atoms with van der Waals surface area (Å²) in [5, 5.41) is 4.06. The smallest absolute Gasteiger partial charge is 0.435 e. The van der Waals surface area contributed by atoms with E-state index >= 15 is 0 Å². The predicted octanol–water partition coefficient (Wildman–Crippen LogP) is 2.26. The number of terminal acetylenes is 1. The van der Waals surface area contributed by atoms with Gasteiger partial charge in [-0.3, -0.25) is 0 Å². The van der Waals surface area contributed by atoms with Crippen LogP contribution in [0.3, 0.4) is 0 Å². The van der Waals surface area contributed by atoms with Gasteiger partial charge in [-0.2, -0.15) is 9.78 Å². The third-order valence-electron chi connectivity index (χ3n) is 2.00. The molecule has 1 aromatic heterocycles. The van der Waals surface area contributed by atoms with Crippen molar-refractivity contribution < 1.29 is 9.53 Å². The van der Waals surface area contributed by atoms with E-state index in [1.807, 2.05) is 0 Å². The third kappa shape index (κ3) is 2.43. The molecule has 1 heterocycles. The molecule has 0 saturated heterocycles. The van der Waals surface area contributed by atoms with Crippen LogP contribution in [0.15, 0.2) is 0 Å². The molecule has 1 aromatic rings. The SMILES string of the molecule is C#Cc1c(C)nn(C(=O)OC(C)(C)C)c1C. The van der Waals surface area contributed by atoms with Crippen LogP contribution >= 0.6 is 0 Å². The highest BCUT2D eigenvalue weighted by atomic mass is 16.6. The van der Waals surface area contributed by atoms with E-state index in [4.69, 9.17) is 11.2 Å². The fourth-order valence-corrected chi connectivity index (χ4v) is 1.33. The molecule has 0 aliphatic carbocycles. The van der Waals surface area contributed by atoms with E-state index in [2.05, 4.69) is 11.0 Å². The molecule has 0 aliphatic rings. The largest absolute Gasteiger partial charge is 0.442 e. The molecule has 0 amide bonds. The van der Waals surface area contributed by atoms with Gasteiger partial charge in [0, 0.05) is 0 Å². The second-order valence-corrected chi connectivity index (χ2v) is 4.58. The van der Waals surface area contributed by atoms with Gasteiger partial charge in [0.2, 0.25) is 0 Å². The molecular formula is C12H16N2O2. The highest BCUT2D eigenvalue weighted by molar-refractivity contribution is 5.71. The Hall–Kier alpha value is -1.76. The van der Waals surface area contributed by atoms with Crippen molar-refractivity contribution in [3.05, 3.63) is 17.0 Å². The highest BCUT2D eigenvalue weighted by Crippen LogP contribution is 2.14. The summed E-state index contributed by atoms with van der Waals surface area (Å²) >= 11 is 0. The summed E-state index contributed by atoms with van der Waals surface area (Å²) in [4.78, 5) is 11.8. The second-order valence-electron chi connectivity index (χ2n) is 4.58. The number of rotatable bonds is 0. The summed E-state index contributed by atoms with van der Waals surface area (Å²) < 4.78 is 6.41. The number of carbonyl (C=O) groups is 1. The van der Waals surface area contributed by atoms with Crippen molar-refractivity contribution in [3.8, 4) is 12.3 Å². The second kappa shape index (κ2) is 4.01. The highest BCUT2D eigenvalue weighted by Gasteiger charge is 2.21. The summed E-state index contributed by atoms with van der Waals surface area (Å²) in [5.74, 6) is 2.51. The van der Waals surface area contributed by atoms with Gasteiger partial charge in [0.15, 0.2) is 0 Å². The molecule has 4 heteroatoms. The van der Waals surface area contributed by atoms with Gasteiger partial charge in [0.1, 0.15) is 5.60 Å². The van der Waals surface area contributed by atoms with Gasteiger partial charge in [-0.1, -0.05) is 5.92 Å². The van der Waals surface area contributed by atoms with Gasteiger partial charge >= 0.3 is 6.09 Å². The van der Waals surface area contributed by atoms with Crippen LogP contribution in [0.2, 0.25) is 0 Å². The van der Waals surface area contributed by atoms with Crippen LogP contribution in [0, 0.1) is 26.2 Å². The van der Waals surface area contributed by atoms with Crippen LogP contribution in [0.25, 0.3) is 0 Å². The maximum atomic E-state index is 11.8. The van der Waals surface area contributed by atoms with Crippen molar-refractivity contribution in [3.63, 3.8) is 0 Å². The lowest BCUT2D eigenvalue weighted by atomic mass is 10.2. The number of aryl methyl sites for hydroxylation is 1. The molecular weight excluding hydrogens is 204 g/mol. The Morgan fingerprint density at radius 3 is 2.38 bits per heavy atom. The minimum Gasteiger partial charge on any atom is -0.442 e. The Morgan fingerprint density at radius 2 is 2.00 bits per heavy atom. The molecule has 0 saturated carbocycles. The van der Waals surface area contributed by atoms with Crippen LogP contribution in [0.4, 0.5) is 4.79 Å². The zero-order valence-corrected chi connectivity index (χ0v) is 10.3. The average molecular weight is 220 g/mol. The first-order chi connectivity index (χ1) is 7.26. The summed E-state index contributed by atoms with van der Waals surface area (Å²) in [6.07, 6.45) is 4.83. The van der Waals surface area contributed by atoms with E-state index in [1.54, 1.807) is 34.6 Å². The molecule has 86 valence electrons. The first-order valence-electron chi connectivity index (χ1n) is 5.02. The maximum Gasteiger partial charge on any atom is 0.435 e. The van der Waals surface area contributed by atoms with Gasteiger partial charge in [-0.05, 0) is 34.6 Å². The van der Waals surface area contributed by atoms with Gasteiger partial charge in [-0.15, -0.1) is 6.42 Å². The zero-order valence-electron chi connectivity index (χ0n) is 10.3. The lowest BCUT2D eigenvalue weighted by Gasteiger charge is -2.19. The Labute approximate surface area is 95.6 Å². The molecule has 0 spiro atoms. The van der Waals surface area contributed by atoms with Crippen molar-refractivity contribution in [2.24, 2.45) is 0 Å². The van der Waals surface area contributed by atoms with E-state index in [1.165, 1.54) is 4.68 Å². The van der Waals surface area contributed by atoms with Crippen LogP contribution in [-0.2, 0) is 4.74 Å². The fraction of sp³-hybridized carbons (Fsp3) is 0.500. The molecule has 4 nitrogen and oxygen atoms in total. The van der Waals surface area contributed by atoms with Gasteiger partial charge in [-0.25, -0.2) is 4.79 Å². The standard InChI is InChI=1S/C12H16N2O2/c1-7-10-8(2)13-14(9(10)3)11(15)16-12(4,5)6/h1H,2-6H3. The van der Waals surface area contributed by atoms with Gasteiger partial charge in [0.05, 0.1) is 17.0 Å². The van der Waals surface area contributed by atoms with Crippen LogP contribution in [-0.4, -0.2) is 21.5 Å². The van der Waals surface area contributed by atoms with Crippen molar-refractivity contribution in [1.82, 2.24) is 9.78 Å². The number of aromatic nitrogens is 2. The fourth-order valence-electron chi connectivity index (χ4n) is 1.33. The van der Waals surface area contributed by atoms with Crippen molar-refractivity contribution in [1.29, 1.82) is 0 Å². The Morgan fingerprint density at radius 1 is 1.44 bits per heavy atom. The molecule has 0 unspecified atom stereocenters. The van der Waals surface area contributed by atoms with Crippen molar-refractivity contribution in [2.45, 2.75) is 40.2 Å². The van der Waals surface area contributed by atoms with E-state index in [-0.39, 0.29) is 0 Å². The topological polar surface area (TPSA) is 44.1 Å². The summed E-state index contributed by atoms with van der Waals surface area (Å²) in [6.45, 7) is 8.93. The summed E-state index contributed by atoms with van der Waals surface area (Å²) in [5.41, 5.74) is 1.39. The minimum absolute atomic E-state index is 0.505. The summed E-state index contributed by atoms with van der Waals surface area (Å²) in [6, 6.07) is 0. The lowest BCUT2D eigenvalue weighted by molar-refractivity contribution is 0.0510. The van der Waals surface area contributed by atoms with Crippen molar-refractivity contribution >= 4 is 6.09 Å². The molecule has 1 rings (SSSR count). The summed E-state index contributed by atoms with van der Waals surface area (Å²) in [7, 11) is 0. The minimum atomic E-state index is -0.542. The molecule has 0 aromatic carbocycles. The van der Waals surface area contributed by atoms with E-state index in [0.29, 0.717) is 17.0 Å². The first-order valence-corrected chi connectivity index (χ1v) is 5.02. The molecule has 16 heavy (non-hydrogen) atoms. The van der Waals surface area contributed by atoms with E-state index in [0.717, 1.165) is 0 Å². The number of carbonyl (C=O) groups excluding carboxylic acids is 1. The van der Waals surface area contributed by atoms with Crippen molar-refractivity contribution in [2.75, 3.05) is 0 Å². The number of nitrogens with zero attached hydrogens (tertiary/aromatic N) is 2. The normalized spacial score (nSPS) is 11.0. The molecule has 0 aliphatic heterocycles. The predicted molar refractivity (Wildman–Crippen MR) is 61.3 cm³/mol. The van der Waals surface area contributed by atoms with Gasteiger partial charge in [0.25, 0.3) is 0 Å². The van der Waals surface area contributed by atoms with Crippen LogP contribution in [0.5, 0.6) is 0 Å². The van der Waals surface area contributed by atoms with E-state index < -0.39 is 11.7 Å². The lowest BCUT2D eigenvalue weighted by Crippen LogP contribution is -2.28. The van der Waals surface area contributed by atoms with Crippen LogP contribution in [0.1, 0.15) is 37.7 Å². The molecule has 0 atom stereocenters. The average Bonchev–Trinajstić information content (AvgIpc) is 2.38. The molecule has 0 bridgehead atoms. The monoisotopic (exact) mass is 220 g/mol. The number of hydrogen-bond acceptors (Lipinski definition) is 3. The quantitative estimate of drug-likeness (QED) is 0.630. The molecule has 0 N–H and O–H groups in total. The van der Waals surface area contributed by atoms with E-state index in [9.17, 15) is 4.79 Å². The zero-order chi connectivity index (χ0) is 12.5. The number of ether oxygens (including phenoxy) is 1. The first kappa shape index (κ1) is 12.3. The Balaban J connectivity index is 3.08. The maximum absolute atomic E-state index is 11.8. The van der Waals surface area contributed by atoms with Crippen LogP contribution < -0.4 is 0 Å². The molecule has 0 radical (unpaired) electrons. The third-order valence-corrected chi connectivity index (χ3v) is 2.00. The Bertz CT molecular complexity index is 459.